The maximum absolute atomic E-state index is 10.8. The Morgan fingerprint density at radius 2 is 2.36 bits per heavy atom. The van der Waals surface area contributed by atoms with Crippen LogP contribution in [-0.2, 0) is 0 Å². The molecule has 0 aliphatic heterocycles. The molecule has 11 heavy (non-hydrogen) atoms. The summed E-state index contributed by atoms with van der Waals surface area (Å²) in [4.78, 5) is 14.8. The third-order valence-electron chi connectivity index (χ3n) is 1.33. The van der Waals surface area contributed by atoms with E-state index >= 15 is 0 Å². The van der Waals surface area contributed by atoms with Crippen molar-refractivity contribution in [2.75, 3.05) is 0 Å². The summed E-state index contributed by atoms with van der Waals surface area (Å²) in [6.07, 6.45) is 1.58. The largest absolute Gasteiger partial charge is 0.366 e. The first-order chi connectivity index (χ1) is 5.13. The van der Waals surface area contributed by atoms with E-state index in [1.807, 2.05) is 6.92 Å². The Hall–Kier alpha value is -0.650. The van der Waals surface area contributed by atoms with Crippen LogP contribution in [0.2, 0.25) is 0 Å². The van der Waals surface area contributed by atoms with Gasteiger partial charge in [-0.2, -0.15) is 0 Å². The van der Waals surface area contributed by atoms with Crippen LogP contribution in [-0.4, -0.2) is 10.9 Å². The van der Waals surface area contributed by atoms with Gasteiger partial charge in [0.05, 0.1) is 11.3 Å². The number of pyridine rings is 1. The third-order valence-corrected chi connectivity index (χ3v) is 2.69. The van der Waals surface area contributed by atoms with Crippen molar-refractivity contribution in [2.45, 2.75) is 6.92 Å². The smallest absolute Gasteiger partial charge is 0.249 e. The highest BCUT2D eigenvalue weighted by atomic mass is 127. The standard InChI is InChI=1S/C7H7IN2O/c1-4-6(8)5(7(9)11)2-3-10-4/h2-3H,1H3,(H2,9,11). The number of rotatable bonds is 1. The van der Waals surface area contributed by atoms with Gasteiger partial charge in [-0.05, 0) is 35.6 Å². The molecule has 0 aliphatic rings. The summed E-state index contributed by atoms with van der Waals surface area (Å²) in [5.74, 6) is -0.403. The summed E-state index contributed by atoms with van der Waals surface area (Å²) in [5, 5.41) is 0. The molecule has 0 spiro atoms. The molecule has 0 radical (unpaired) electrons. The fourth-order valence-electron chi connectivity index (χ4n) is 0.739. The molecule has 4 heteroatoms. The number of halogens is 1. The lowest BCUT2D eigenvalue weighted by molar-refractivity contribution is 0.0999. The average molecular weight is 262 g/mol. The minimum absolute atomic E-state index is 0.403. The van der Waals surface area contributed by atoms with Crippen LogP contribution >= 0.6 is 22.6 Å². The zero-order valence-electron chi connectivity index (χ0n) is 5.97. The fraction of sp³-hybridized carbons (Fsp3) is 0.143. The van der Waals surface area contributed by atoms with Crippen molar-refractivity contribution in [2.24, 2.45) is 5.73 Å². The molecule has 58 valence electrons. The second-order valence-corrected chi connectivity index (χ2v) is 3.20. The lowest BCUT2D eigenvalue weighted by atomic mass is 10.2. The van der Waals surface area contributed by atoms with E-state index in [1.54, 1.807) is 12.3 Å². The van der Waals surface area contributed by atoms with Crippen LogP contribution in [0.25, 0.3) is 0 Å². The number of carbonyl (C=O) groups excluding carboxylic acids is 1. The number of hydrogen-bond donors (Lipinski definition) is 1. The van der Waals surface area contributed by atoms with E-state index in [1.165, 1.54) is 0 Å². The van der Waals surface area contributed by atoms with Crippen molar-refractivity contribution in [1.82, 2.24) is 4.98 Å². The molecule has 0 saturated heterocycles. The van der Waals surface area contributed by atoms with Gasteiger partial charge in [-0.15, -0.1) is 0 Å². The molecule has 0 bridgehead atoms. The normalized spacial score (nSPS) is 9.64. The first-order valence-electron chi connectivity index (χ1n) is 3.04. The van der Waals surface area contributed by atoms with Crippen LogP contribution < -0.4 is 5.73 Å². The highest BCUT2D eigenvalue weighted by Crippen LogP contribution is 2.13. The summed E-state index contributed by atoms with van der Waals surface area (Å²) in [5.41, 5.74) is 6.49. The number of aryl methyl sites for hydroxylation is 1. The summed E-state index contributed by atoms with van der Waals surface area (Å²) in [6.45, 7) is 1.84. The van der Waals surface area contributed by atoms with Crippen molar-refractivity contribution in [1.29, 1.82) is 0 Å². The molecule has 0 fully saturated rings. The molecule has 1 amide bonds. The van der Waals surface area contributed by atoms with Gasteiger partial charge in [0, 0.05) is 9.77 Å². The molecule has 1 aromatic heterocycles. The van der Waals surface area contributed by atoms with Crippen molar-refractivity contribution >= 4 is 28.5 Å². The van der Waals surface area contributed by atoms with Gasteiger partial charge < -0.3 is 5.73 Å². The van der Waals surface area contributed by atoms with E-state index in [-0.39, 0.29) is 0 Å². The third kappa shape index (κ3) is 1.68. The van der Waals surface area contributed by atoms with Gasteiger partial charge >= 0.3 is 0 Å². The Balaban J connectivity index is 3.27. The maximum atomic E-state index is 10.8. The number of amides is 1. The van der Waals surface area contributed by atoms with Gasteiger partial charge in [0.1, 0.15) is 0 Å². The van der Waals surface area contributed by atoms with Gasteiger partial charge in [0.2, 0.25) is 5.91 Å². The molecule has 3 nitrogen and oxygen atoms in total. The Labute approximate surface area is 78.1 Å². The van der Waals surface area contributed by atoms with Crippen LogP contribution in [0.3, 0.4) is 0 Å². The molecule has 0 aliphatic carbocycles. The SMILES string of the molecule is Cc1nccc(C(N)=O)c1I. The van der Waals surface area contributed by atoms with Crippen LogP contribution in [0, 0.1) is 10.5 Å². The van der Waals surface area contributed by atoms with Gasteiger partial charge in [-0.25, -0.2) is 0 Å². The van der Waals surface area contributed by atoms with Crippen LogP contribution in [0.4, 0.5) is 0 Å². The Morgan fingerprint density at radius 1 is 1.73 bits per heavy atom. The van der Waals surface area contributed by atoms with Gasteiger partial charge in [0.15, 0.2) is 0 Å². The molecular weight excluding hydrogens is 255 g/mol. The average Bonchev–Trinajstić information content (AvgIpc) is 1.94. The highest BCUT2D eigenvalue weighted by molar-refractivity contribution is 14.1. The molecule has 0 atom stereocenters. The van der Waals surface area contributed by atoms with E-state index in [9.17, 15) is 4.79 Å². The van der Waals surface area contributed by atoms with Crippen molar-refractivity contribution < 1.29 is 4.79 Å². The zero-order valence-corrected chi connectivity index (χ0v) is 8.12. The number of nitrogens with two attached hydrogens (primary N) is 1. The summed E-state index contributed by atoms with van der Waals surface area (Å²) in [7, 11) is 0. The van der Waals surface area contributed by atoms with Crippen LogP contribution in [0.5, 0.6) is 0 Å². The fourth-order valence-corrected chi connectivity index (χ4v) is 1.32. The second-order valence-electron chi connectivity index (χ2n) is 2.12. The minimum atomic E-state index is -0.403. The zero-order chi connectivity index (χ0) is 8.43. The molecule has 0 aromatic carbocycles. The van der Waals surface area contributed by atoms with Gasteiger partial charge in [-0.3, -0.25) is 9.78 Å². The van der Waals surface area contributed by atoms with E-state index in [0.717, 1.165) is 9.26 Å². The predicted octanol–water partition coefficient (Wildman–Crippen LogP) is 1.09. The highest BCUT2D eigenvalue weighted by Gasteiger charge is 2.06. The first kappa shape index (κ1) is 8.45. The molecule has 1 heterocycles. The lowest BCUT2D eigenvalue weighted by Crippen LogP contribution is -2.13. The number of carbonyl (C=O) groups is 1. The van der Waals surface area contributed by atoms with Crippen LogP contribution in [0.1, 0.15) is 16.1 Å². The van der Waals surface area contributed by atoms with E-state index in [0.29, 0.717) is 5.56 Å². The summed E-state index contributed by atoms with van der Waals surface area (Å²) >= 11 is 2.06. The van der Waals surface area contributed by atoms with E-state index < -0.39 is 5.91 Å². The monoisotopic (exact) mass is 262 g/mol. The van der Waals surface area contributed by atoms with Crippen molar-refractivity contribution in [3.05, 3.63) is 27.1 Å². The number of nitrogens with zero attached hydrogens (tertiary/aromatic N) is 1. The maximum Gasteiger partial charge on any atom is 0.249 e. The summed E-state index contributed by atoms with van der Waals surface area (Å²) in [6, 6.07) is 1.62. The summed E-state index contributed by atoms with van der Waals surface area (Å²) < 4.78 is 0.831. The molecule has 1 aromatic rings. The number of hydrogen-bond acceptors (Lipinski definition) is 2. The number of primary amides is 1. The van der Waals surface area contributed by atoms with Crippen LogP contribution in [0.15, 0.2) is 12.3 Å². The van der Waals surface area contributed by atoms with E-state index in [2.05, 4.69) is 27.6 Å². The Morgan fingerprint density at radius 3 is 2.82 bits per heavy atom. The van der Waals surface area contributed by atoms with Crippen molar-refractivity contribution in [3.63, 3.8) is 0 Å². The first-order valence-corrected chi connectivity index (χ1v) is 4.11. The molecule has 2 N–H and O–H groups in total. The van der Waals surface area contributed by atoms with E-state index in [4.69, 9.17) is 5.73 Å². The second kappa shape index (κ2) is 3.17. The predicted molar refractivity (Wildman–Crippen MR) is 50.2 cm³/mol. The topological polar surface area (TPSA) is 56.0 Å². The molecule has 0 saturated carbocycles. The molecule has 1 rings (SSSR count). The Kier molecular flexibility index (Phi) is 2.43. The number of aromatic nitrogens is 1. The quantitative estimate of drug-likeness (QED) is 0.770. The van der Waals surface area contributed by atoms with Gasteiger partial charge in [-0.1, -0.05) is 0 Å². The lowest BCUT2D eigenvalue weighted by Gasteiger charge is -2.00. The van der Waals surface area contributed by atoms with Gasteiger partial charge in [0.25, 0.3) is 0 Å². The molecule has 0 unspecified atom stereocenters. The van der Waals surface area contributed by atoms with Crippen molar-refractivity contribution in [3.8, 4) is 0 Å². The Bertz CT molecular complexity index is 298. The minimum Gasteiger partial charge on any atom is -0.366 e. The molecular formula is C7H7IN2O.